The molecule has 0 spiro atoms. The van der Waals surface area contributed by atoms with Crippen molar-refractivity contribution >= 4 is 54.6 Å². The molecule has 0 bridgehead atoms. The second kappa shape index (κ2) is 14.4. The Balaban J connectivity index is 1.65. The molecule has 0 saturated carbocycles. The van der Waals surface area contributed by atoms with Gasteiger partial charge < -0.3 is 33.6 Å². The summed E-state index contributed by atoms with van der Waals surface area (Å²) in [5.41, 5.74) is -1.52. The van der Waals surface area contributed by atoms with Crippen LogP contribution in [0.3, 0.4) is 0 Å². The zero-order valence-electron chi connectivity index (χ0n) is 27.9. The second-order valence-corrected chi connectivity index (χ2v) is 12.3. The number of carbonyl (C=O) groups excluding carboxylic acids is 5. The maximum atomic E-state index is 14.3. The summed E-state index contributed by atoms with van der Waals surface area (Å²) < 4.78 is 29.6. The lowest BCUT2D eigenvalue weighted by atomic mass is 9.70. The molecular formula is C37H32B2O12. The lowest BCUT2D eigenvalue weighted by Gasteiger charge is -2.44. The molecule has 0 saturated heterocycles. The molecule has 0 amide bonds. The third kappa shape index (κ3) is 7.12. The minimum absolute atomic E-state index is 0.0203. The molecule has 51 heavy (non-hydrogen) atoms. The molecule has 0 fully saturated rings. The van der Waals surface area contributed by atoms with E-state index in [1.807, 2.05) is 0 Å². The number of ketones is 2. The normalized spacial score (nSPS) is 17.4. The molecule has 2 atom stereocenters. The highest BCUT2D eigenvalue weighted by Crippen LogP contribution is 2.53. The minimum Gasteiger partial charge on any atom is -0.463 e. The molecule has 4 aromatic rings. The Kier molecular flexibility index (Phi) is 10.0. The van der Waals surface area contributed by atoms with E-state index < -0.39 is 62.0 Å². The molecule has 6 rings (SSSR count). The topological polar surface area (TPSA) is 172 Å². The van der Waals surface area contributed by atoms with E-state index in [1.165, 1.54) is 19.1 Å². The summed E-state index contributed by atoms with van der Waals surface area (Å²) in [5, 5.41) is 22.7. The van der Waals surface area contributed by atoms with Crippen LogP contribution in [-0.2, 0) is 34.9 Å². The molecule has 0 unspecified atom stereocenters. The van der Waals surface area contributed by atoms with Gasteiger partial charge >= 0.3 is 32.1 Å². The second-order valence-electron chi connectivity index (χ2n) is 12.3. The van der Waals surface area contributed by atoms with Crippen molar-refractivity contribution in [2.75, 3.05) is 6.61 Å². The average molecular weight is 690 g/mol. The SMILES string of the molecule is CC(=O)OC[C@]1(OB(O)c2ccccc2)Cc2c(OC(C)=O)c3c(c(OC(C)=O)c2[C@@H](OB(O)c2ccccc2)C1)C(=O)c1ccccc1C3=O. The molecule has 2 N–H and O–H groups in total. The number of fused-ring (bicyclic) bond motifs is 3. The fourth-order valence-electron chi connectivity index (χ4n) is 6.57. The van der Waals surface area contributed by atoms with Crippen molar-refractivity contribution in [1.29, 1.82) is 0 Å². The third-order valence-electron chi connectivity index (χ3n) is 8.65. The van der Waals surface area contributed by atoms with E-state index in [0.29, 0.717) is 10.9 Å². The van der Waals surface area contributed by atoms with Gasteiger partial charge in [0.2, 0.25) is 0 Å². The van der Waals surface area contributed by atoms with E-state index in [2.05, 4.69) is 0 Å². The number of benzene rings is 4. The summed E-state index contributed by atoms with van der Waals surface area (Å²) in [6.07, 6.45) is -1.92. The van der Waals surface area contributed by atoms with Gasteiger partial charge in [-0.3, -0.25) is 24.0 Å². The number of carbonyl (C=O) groups is 5. The van der Waals surface area contributed by atoms with Crippen molar-refractivity contribution in [3.8, 4) is 11.5 Å². The van der Waals surface area contributed by atoms with Crippen molar-refractivity contribution in [3.63, 3.8) is 0 Å². The maximum absolute atomic E-state index is 14.3. The Morgan fingerprint density at radius 1 is 0.706 bits per heavy atom. The summed E-state index contributed by atoms with van der Waals surface area (Å²) in [5.74, 6) is -4.38. The Bertz CT molecular complexity index is 2030. The van der Waals surface area contributed by atoms with Crippen LogP contribution in [0.15, 0.2) is 84.9 Å². The zero-order valence-corrected chi connectivity index (χ0v) is 27.9. The first-order valence-corrected chi connectivity index (χ1v) is 16.1. The van der Waals surface area contributed by atoms with Gasteiger partial charge in [0, 0.05) is 55.9 Å². The molecular weight excluding hydrogens is 658 g/mol. The highest BCUT2D eigenvalue weighted by Gasteiger charge is 2.51. The van der Waals surface area contributed by atoms with E-state index in [0.717, 1.165) is 13.8 Å². The zero-order chi connectivity index (χ0) is 36.4. The maximum Gasteiger partial charge on any atom is 0.491 e. The molecule has 2 aliphatic carbocycles. The lowest BCUT2D eigenvalue weighted by Crippen LogP contribution is -2.53. The predicted molar refractivity (Wildman–Crippen MR) is 183 cm³/mol. The standard InChI is InChI=1S/C37H32B2O12/c1-21(40)47-20-37(51-39(46)25-14-8-5-9-15-25)18-28-30(29(19-37)50-38(45)24-12-6-4-7-13-24)36(49-23(3)42)32-31(35(28)48-22(2)41)33(43)26-16-10-11-17-27(26)34(32)44/h4-17,29,45-46H,18-20H2,1-3H3/t29-,37-/m0/s1. The monoisotopic (exact) mass is 690 g/mol. The number of rotatable bonds is 10. The van der Waals surface area contributed by atoms with Crippen molar-refractivity contribution in [3.05, 3.63) is 118 Å². The van der Waals surface area contributed by atoms with Crippen LogP contribution in [0.25, 0.3) is 0 Å². The number of ether oxygens (including phenoxy) is 3. The molecule has 14 heteroatoms. The van der Waals surface area contributed by atoms with Crippen LogP contribution < -0.4 is 20.4 Å². The van der Waals surface area contributed by atoms with Gasteiger partial charge in [-0.15, -0.1) is 0 Å². The van der Waals surface area contributed by atoms with E-state index in [9.17, 15) is 34.0 Å². The number of hydrogen-bond donors (Lipinski definition) is 2. The van der Waals surface area contributed by atoms with Gasteiger partial charge in [-0.2, -0.15) is 0 Å². The van der Waals surface area contributed by atoms with Gasteiger partial charge in [-0.05, 0) is 10.9 Å². The van der Waals surface area contributed by atoms with Gasteiger partial charge in [0.25, 0.3) is 0 Å². The highest BCUT2D eigenvalue weighted by atomic mass is 16.6. The Labute approximate surface area is 293 Å². The van der Waals surface area contributed by atoms with Crippen LogP contribution in [0.2, 0.25) is 0 Å². The molecule has 258 valence electrons. The van der Waals surface area contributed by atoms with Crippen molar-refractivity contribution in [2.45, 2.75) is 45.3 Å². The van der Waals surface area contributed by atoms with Gasteiger partial charge in [0.05, 0.1) is 22.8 Å². The number of hydrogen-bond acceptors (Lipinski definition) is 12. The van der Waals surface area contributed by atoms with E-state index in [4.69, 9.17) is 23.5 Å². The lowest BCUT2D eigenvalue weighted by molar-refractivity contribution is -0.150. The van der Waals surface area contributed by atoms with Crippen LogP contribution in [0.4, 0.5) is 0 Å². The number of esters is 3. The van der Waals surface area contributed by atoms with Crippen LogP contribution in [0.5, 0.6) is 11.5 Å². The fraction of sp³-hybridized carbons (Fsp3) is 0.216. The predicted octanol–water partition coefficient (Wildman–Crippen LogP) is 2.41. The van der Waals surface area contributed by atoms with Crippen LogP contribution >= 0.6 is 0 Å². The van der Waals surface area contributed by atoms with Crippen LogP contribution in [0.1, 0.15) is 76.3 Å². The van der Waals surface area contributed by atoms with Crippen LogP contribution in [-0.4, -0.2) is 66.0 Å². The third-order valence-corrected chi connectivity index (χ3v) is 8.65. The summed E-state index contributed by atoms with van der Waals surface area (Å²) in [6, 6.07) is 22.8. The first-order valence-electron chi connectivity index (χ1n) is 16.1. The molecule has 0 aromatic heterocycles. The average Bonchev–Trinajstić information content (AvgIpc) is 3.11. The first-order chi connectivity index (χ1) is 24.4. The summed E-state index contributed by atoms with van der Waals surface area (Å²) in [7, 11) is -3.19. The molecule has 4 aromatic carbocycles. The quantitative estimate of drug-likeness (QED) is 0.125. The first kappa shape index (κ1) is 35.4. The smallest absolute Gasteiger partial charge is 0.463 e. The van der Waals surface area contributed by atoms with Gasteiger partial charge in [-0.1, -0.05) is 84.9 Å². The van der Waals surface area contributed by atoms with E-state index >= 15 is 0 Å². The minimum atomic E-state index is -1.68. The Morgan fingerprint density at radius 2 is 1.20 bits per heavy atom. The van der Waals surface area contributed by atoms with Crippen LogP contribution in [0, 0.1) is 0 Å². The highest BCUT2D eigenvalue weighted by molar-refractivity contribution is 6.60. The summed E-state index contributed by atoms with van der Waals surface area (Å²) in [6.45, 7) is 2.94. The van der Waals surface area contributed by atoms with Gasteiger partial charge in [0.15, 0.2) is 11.6 Å². The molecule has 12 nitrogen and oxygen atoms in total. The Morgan fingerprint density at radius 3 is 1.73 bits per heavy atom. The van der Waals surface area contributed by atoms with Crippen molar-refractivity contribution in [2.24, 2.45) is 0 Å². The molecule has 0 heterocycles. The van der Waals surface area contributed by atoms with E-state index in [-0.39, 0.29) is 57.7 Å². The largest absolute Gasteiger partial charge is 0.491 e. The van der Waals surface area contributed by atoms with Crippen molar-refractivity contribution in [1.82, 2.24) is 0 Å². The van der Waals surface area contributed by atoms with Crippen molar-refractivity contribution < 1.29 is 57.5 Å². The fourth-order valence-corrected chi connectivity index (χ4v) is 6.57. The van der Waals surface area contributed by atoms with E-state index in [1.54, 1.807) is 72.8 Å². The van der Waals surface area contributed by atoms with Gasteiger partial charge in [-0.25, -0.2) is 0 Å². The molecule has 0 aliphatic heterocycles. The summed E-state index contributed by atoms with van der Waals surface area (Å²) >= 11 is 0. The van der Waals surface area contributed by atoms with Gasteiger partial charge in [0.1, 0.15) is 18.1 Å². The summed E-state index contributed by atoms with van der Waals surface area (Å²) in [4.78, 5) is 66.2. The Hall–Kier alpha value is -5.40. The molecule has 2 aliphatic rings. The molecule has 0 radical (unpaired) electrons.